The first-order chi connectivity index (χ1) is 15.6. The van der Waals surface area contributed by atoms with E-state index in [1.165, 1.54) is 24.8 Å². The van der Waals surface area contributed by atoms with E-state index in [4.69, 9.17) is 4.99 Å². The molecule has 0 aromatic heterocycles. The van der Waals surface area contributed by atoms with Gasteiger partial charge in [0, 0.05) is 39.8 Å². The number of carbonyl (C=O) groups is 2. The lowest BCUT2D eigenvalue weighted by Crippen LogP contribution is -2.64. The number of unbranched alkanes of at least 4 members (excludes halogenated alkanes) is 2. The fourth-order valence-corrected chi connectivity index (χ4v) is 4.87. The quantitative estimate of drug-likeness (QED) is 0.626. The number of carbonyl (C=O) groups excluding carboxylic acids is 2. The first-order valence-electron chi connectivity index (χ1n) is 12.0. The minimum Gasteiger partial charge on any atom is -0.340 e. The molecule has 1 N–H and O–H groups in total. The monoisotopic (exact) mass is 440 g/mol. The highest BCUT2D eigenvalue weighted by Gasteiger charge is 2.49. The van der Waals surface area contributed by atoms with Crippen molar-refractivity contribution in [2.45, 2.75) is 51.2 Å². The largest absolute Gasteiger partial charge is 0.340 e. The van der Waals surface area contributed by atoms with Crippen LogP contribution in [0.1, 0.15) is 38.2 Å². The molecule has 174 valence electrons. The molecule has 3 aliphatic rings. The number of hydrogen-bond donors (Lipinski definition) is 1. The highest BCUT2D eigenvalue weighted by molar-refractivity contribution is 6.03. The summed E-state index contributed by atoms with van der Waals surface area (Å²) in [5.41, 5.74) is 1.29. The van der Waals surface area contributed by atoms with Gasteiger partial charge in [0.1, 0.15) is 0 Å². The third-order valence-electron chi connectivity index (χ3n) is 6.78. The van der Waals surface area contributed by atoms with Gasteiger partial charge in [0.2, 0.25) is 0 Å². The number of urea groups is 1. The van der Waals surface area contributed by atoms with E-state index in [0.29, 0.717) is 0 Å². The van der Waals surface area contributed by atoms with Crippen molar-refractivity contribution in [2.75, 3.05) is 46.3 Å². The second kappa shape index (κ2) is 10.3. The smallest absolute Gasteiger partial charge is 0.325 e. The van der Waals surface area contributed by atoms with Crippen LogP contribution < -0.4 is 5.32 Å². The number of nitrogens with one attached hydrogen (secondary N) is 1. The van der Waals surface area contributed by atoms with Gasteiger partial charge in [-0.05, 0) is 31.4 Å². The van der Waals surface area contributed by atoms with Crippen LogP contribution >= 0.6 is 0 Å². The standard InChI is InChI=1S/C24H36N6O2/c1-3-4-8-13-28-15-17-29(18-16-28)23-25-21-20(22(31)26-24(32)27(21)2)30(23)14-9-12-19-10-6-5-7-11-19/h5-7,10-11,20-21H,3-4,8-9,12-18H2,1-2H3,(H,26,31,32). The van der Waals surface area contributed by atoms with Gasteiger partial charge in [0.15, 0.2) is 18.2 Å². The maximum atomic E-state index is 12.8. The molecule has 0 radical (unpaired) electrons. The van der Waals surface area contributed by atoms with Gasteiger partial charge in [-0.1, -0.05) is 50.1 Å². The molecule has 3 amide bonds. The first-order valence-corrected chi connectivity index (χ1v) is 12.0. The molecule has 3 aliphatic heterocycles. The van der Waals surface area contributed by atoms with Crippen molar-refractivity contribution in [3.63, 3.8) is 0 Å². The number of likely N-dealkylation sites (N-methyl/N-ethyl adjacent to an activating group) is 1. The van der Waals surface area contributed by atoms with E-state index in [1.54, 1.807) is 11.9 Å². The molecular weight excluding hydrogens is 404 g/mol. The molecule has 1 aromatic rings. The molecule has 0 bridgehead atoms. The van der Waals surface area contributed by atoms with Crippen LogP contribution in [-0.4, -0.2) is 96.0 Å². The van der Waals surface area contributed by atoms with Gasteiger partial charge < -0.3 is 14.7 Å². The van der Waals surface area contributed by atoms with Crippen LogP contribution in [0.15, 0.2) is 35.3 Å². The van der Waals surface area contributed by atoms with Gasteiger partial charge in [0.05, 0.1) is 0 Å². The number of piperazine rings is 1. The van der Waals surface area contributed by atoms with Gasteiger partial charge in [-0.3, -0.25) is 15.0 Å². The predicted octanol–water partition coefficient (Wildman–Crippen LogP) is 1.97. The lowest BCUT2D eigenvalue weighted by atomic mass is 10.1. The van der Waals surface area contributed by atoms with E-state index >= 15 is 0 Å². The molecule has 8 nitrogen and oxygen atoms in total. The number of aryl methyl sites for hydroxylation is 1. The summed E-state index contributed by atoms with van der Waals surface area (Å²) in [6.07, 6.45) is 5.19. The number of imide groups is 1. The molecule has 32 heavy (non-hydrogen) atoms. The maximum absolute atomic E-state index is 12.8. The normalized spacial score (nSPS) is 23.9. The molecule has 2 saturated heterocycles. The Morgan fingerprint density at radius 2 is 1.75 bits per heavy atom. The Hall–Kier alpha value is -2.61. The van der Waals surface area contributed by atoms with E-state index in [2.05, 4.69) is 51.2 Å². The van der Waals surface area contributed by atoms with Crippen molar-refractivity contribution in [3.05, 3.63) is 35.9 Å². The summed E-state index contributed by atoms with van der Waals surface area (Å²) >= 11 is 0. The predicted molar refractivity (Wildman–Crippen MR) is 125 cm³/mol. The molecule has 3 heterocycles. The van der Waals surface area contributed by atoms with Crippen LogP contribution in [0.4, 0.5) is 4.79 Å². The topological polar surface area (TPSA) is 71.5 Å². The lowest BCUT2D eigenvalue weighted by molar-refractivity contribution is -0.127. The Balaban J connectivity index is 1.44. The van der Waals surface area contributed by atoms with Crippen LogP contribution in [0.2, 0.25) is 0 Å². The average molecular weight is 441 g/mol. The molecule has 2 atom stereocenters. The number of amides is 3. The second-order valence-electron chi connectivity index (χ2n) is 9.01. The Labute approximate surface area is 191 Å². The minimum absolute atomic E-state index is 0.241. The number of aliphatic imine (C=N–C) groups is 1. The number of nitrogens with zero attached hydrogens (tertiary/aromatic N) is 5. The van der Waals surface area contributed by atoms with Crippen molar-refractivity contribution < 1.29 is 9.59 Å². The molecule has 2 unspecified atom stereocenters. The summed E-state index contributed by atoms with van der Waals surface area (Å²) in [6.45, 7) is 7.95. The van der Waals surface area contributed by atoms with Crippen LogP contribution in [-0.2, 0) is 11.2 Å². The molecule has 8 heteroatoms. The van der Waals surface area contributed by atoms with Gasteiger partial charge in [-0.2, -0.15) is 0 Å². The first kappa shape index (κ1) is 22.6. The Kier molecular flexibility index (Phi) is 7.29. The fourth-order valence-electron chi connectivity index (χ4n) is 4.87. The van der Waals surface area contributed by atoms with E-state index in [0.717, 1.165) is 58.1 Å². The zero-order chi connectivity index (χ0) is 22.5. The maximum Gasteiger partial charge on any atom is 0.325 e. The van der Waals surface area contributed by atoms with E-state index in [1.807, 2.05) is 6.07 Å². The Bertz CT molecular complexity index is 821. The molecular formula is C24H36N6O2. The number of rotatable bonds is 8. The van der Waals surface area contributed by atoms with Gasteiger partial charge in [-0.15, -0.1) is 0 Å². The van der Waals surface area contributed by atoms with Crippen LogP contribution in [0.5, 0.6) is 0 Å². The molecule has 0 saturated carbocycles. The van der Waals surface area contributed by atoms with Crippen molar-refractivity contribution in [3.8, 4) is 0 Å². The zero-order valence-corrected chi connectivity index (χ0v) is 19.4. The van der Waals surface area contributed by atoms with Gasteiger partial charge >= 0.3 is 6.03 Å². The van der Waals surface area contributed by atoms with Gasteiger partial charge in [-0.25, -0.2) is 9.79 Å². The van der Waals surface area contributed by atoms with E-state index < -0.39 is 12.2 Å². The Morgan fingerprint density at radius 1 is 1.00 bits per heavy atom. The summed E-state index contributed by atoms with van der Waals surface area (Å²) in [6, 6.07) is 9.60. The number of fused-ring (bicyclic) bond motifs is 1. The summed E-state index contributed by atoms with van der Waals surface area (Å²) in [5, 5.41) is 2.50. The molecule has 4 rings (SSSR count). The third kappa shape index (κ3) is 4.90. The van der Waals surface area contributed by atoms with E-state index in [9.17, 15) is 9.59 Å². The van der Waals surface area contributed by atoms with Crippen molar-refractivity contribution in [2.24, 2.45) is 4.99 Å². The van der Waals surface area contributed by atoms with Crippen LogP contribution in [0, 0.1) is 0 Å². The summed E-state index contributed by atoms with van der Waals surface area (Å²) in [5.74, 6) is 0.632. The highest BCUT2D eigenvalue weighted by atomic mass is 16.2. The third-order valence-corrected chi connectivity index (χ3v) is 6.78. The van der Waals surface area contributed by atoms with Crippen LogP contribution in [0.25, 0.3) is 0 Å². The zero-order valence-electron chi connectivity index (χ0n) is 19.4. The highest BCUT2D eigenvalue weighted by Crippen LogP contribution is 2.26. The fraction of sp³-hybridized carbons (Fsp3) is 0.625. The van der Waals surface area contributed by atoms with Crippen molar-refractivity contribution in [1.29, 1.82) is 0 Å². The molecule has 1 aromatic carbocycles. The molecule has 2 fully saturated rings. The number of guanidine groups is 1. The number of hydrogen-bond acceptors (Lipinski definition) is 6. The number of benzene rings is 1. The second-order valence-corrected chi connectivity index (χ2v) is 9.01. The van der Waals surface area contributed by atoms with Crippen molar-refractivity contribution in [1.82, 2.24) is 24.9 Å². The molecule has 0 aliphatic carbocycles. The summed E-state index contributed by atoms with van der Waals surface area (Å²) < 4.78 is 0. The van der Waals surface area contributed by atoms with E-state index in [-0.39, 0.29) is 11.9 Å². The summed E-state index contributed by atoms with van der Waals surface area (Å²) in [7, 11) is 1.72. The minimum atomic E-state index is -0.453. The average Bonchev–Trinajstić information content (AvgIpc) is 3.19. The molecule has 0 spiro atoms. The Morgan fingerprint density at radius 3 is 2.47 bits per heavy atom. The summed E-state index contributed by atoms with van der Waals surface area (Å²) in [4.78, 5) is 38.4. The van der Waals surface area contributed by atoms with Gasteiger partial charge in [0.25, 0.3) is 5.91 Å². The SMILES string of the molecule is CCCCCN1CCN(C2=NC3C(C(=O)NC(=O)N3C)N2CCCc2ccccc2)CC1. The van der Waals surface area contributed by atoms with Crippen LogP contribution in [0.3, 0.4) is 0 Å². The van der Waals surface area contributed by atoms with Crippen molar-refractivity contribution >= 4 is 17.9 Å². The lowest BCUT2D eigenvalue weighted by Gasteiger charge is -2.40.